The first-order chi connectivity index (χ1) is 16.8. The molecule has 0 N–H and O–H groups in total. The molecule has 1 aliphatic carbocycles. The van der Waals surface area contributed by atoms with E-state index < -0.39 is 11.9 Å². The van der Waals surface area contributed by atoms with Gasteiger partial charge in [-0.05, 0) is 37.8 Å². The highest BCUT2D eigenvalue weighted by Gasteiger charge is 2.35. The maximum absolute atomic E-state index is 14.4. The standard InChI is InChI=1S/C26H31FN4O4/c1-4-16(25(33)30(2)3)7-10-23-28-14-18(15-29-23)31-12-11-22(26(31)34)35-19-8-9-20(21(27)13-19)24(32)17-5-6-17/h8-9,13-17,22H,4-7,10-12H2,1-3H3/t16?,22-/m1/s1. The summed E-state index contributed by atoms with van der Waals surface area (Å²) in [6.45, 7) is 2.42. The summed E-state index contributed by atoms with van der Waals surface area (Å²) in [4.78, 5) is 49.2. The number of carbonyl (C=O) groups is 3. The molecule has 0 bridgehead atoms. The van der Waals surface area contributed by atoms with Gasteiger partial charge in [-0.2, -0.15) is 0 Å². The molecule has 1 saturated heterocycles. The molecule has 4 rings (SSSR count). The second-order valence-electron chi connectivity index (χ2n) is 9.40. The minimum Gasteiger partial charge on any atom is -0.480 e. The molecule has 2 aliphatic rings. The molecule has 35 heavy (non-hydrogen) atoms. The van der Waals surface area contributed by atoms with Crippen LogP contribution in [0.2, 0.25) is 0 Å². The summed E-state index contributed by atoms with van der Waals surface area (Å²) in [7, 11) is 3.50. The average molecular weight is 483 g/mol. The Labute approximate surface area is 204 Å². The minimum atomic E-state index is -0.749. The Bertz CT molecular complexity index is 1100. The van der Waals surface area contributed by atoms with Crippen LogP contribution in [0.15, 0.2) is 30.6 Å². The fourth-order valence-electron chi connectivity index (χ4n) is 4.31. The maximum atomic E-state index is 14.4. The van der Waals surface area contributed by atoms with Gasteiger partial charge in [0.2, 0.25) is 5.91 Å². The number of hydrogen-bond donors (Lipinski definition) is 0. The molecule has 1 aromatic carbocycles. The molecule has 2 atom stereocenters. The van der Waals surface area contributed by atoms with Gasteiger partial charge in [-0.15, -0.1) is 0 Å². The van der Waals surface area contributed by atoms with Crippen molar-refractivity contribution in [1.29, 1.82) is 0 Å². The number of ether oxygens (including phenoxy) is 1. The zero-order chi connectivity index (χ0) is 25.1. The van der Waals surface area contributed by atoms with Crippen molar-refractivity contribution in [3.63, 3.8) is 0 Å². The summed E-state index contributed by atoms with van der Waals surface area (Å²) in [5.74, 6) is -0.239. The van der Waals surface area contributed by atoms with Crippen molar-refractivity contribution < 1.29 is 23.5 Å². The lowest BCUT2D eigenvalue weighted by atomic mass is 9.98. The summed E-state index contributed by atoms with van der Waals surface area (Å²) >= 11 is 0. The monoisotopic (exact) mass is 482 g/mol. The molecular formula is C26H31FN4O4. The normalized spacial score (nSPS) is 18.5. The lowest BCUT2D eigenvalue weighted by Crippen LogP contribution is -2.32. The lowest BCUT2D eigenvalue weighted by Gasteiger charge is -2.19. The van der Waals surface area contributed by atoms with Gasteiger partial charge in [-0.1, -0.05) is 6.92 Å². The number of anilines is 1. The van der Waals surface area contributed by atoms with Gasteiger partial charge >= 0.3 is 0 Å². The van der Waals surface area contributed by atoms with Crippen molar-refractivity contribution in [3.05, 3.63) is 47.8 Å². The number of amides is 2. The van der Waals surface area contributed by atoms with Crippen LogP contribution in [0, 0.1) is 17.7 Å². The third kappa shape index (κ3) is 5.66. The van der Waals surface area contributed by atoms with Crippen LogP contribution in [-0.4, -0.2) is 59.2 Å². The third-order valence-electron chi connectivity index (χ3n) is 6.59. The van der Waals surface area contributed by atoms with E-state index in [0.717, 1.165) is 19.3 Å². The second-order valence-corrected chi connectivity index (χ2v) is 9.40. The van der Waals surface area contributed by atoms with Crippen molar-refractivity contribution in [1.82, 2.24) is 14.9 Å². The summed E-state index contributed by atoms with van der Waals surface area (Å²) < 4.78 is 20.2. The Balaban J connectivity index is 1.34. The van der Waals surface area contributed by atoms with Gasteiger partial charge in [0.15, 0.2) is 11.9 Å². The molecule has 8 nitrogen and oxygen atoms in total. The summed E-state index contributed by atoms with van der Waals surface area (Å²) in [5.41, 5.74) is 0.644. The van der Waals surface area contributed by atoms with Gasteiger partial charge in [0.1, 0.15) is 17.4 Å². The number of aryl methyl sites for hydroxylation is 1. The molecule has 1 unspecified atom stereocenters. The van der Waals surface area contributed by atoms with Crippen LogP contribution >= 0.6 is 0 Å². The molecule has 2 fully saturated rings. The molecule has 1 aliphatic heterocycles. The molecule has 1 aromatic heterocycles. The highest BCUT2D eigenvalue weighted by molar-refractivity contribution is 6.00. The van der Waals surface area contributed by atoms with Gasteiger partial charge in [0.05, 0.1) is 23.6 Å². The Morgan fingerprint density at radius 2 is 1.91 bits per heavy atom. The van der Waals surface area contributed by atoms with E-state index in [1.807, 2.05) is 6.92 Å². The molecule has 0 spiro atoms. The van der Waals surface area contributed by atoms with E-state index >= 15 is 0 Å². The number of aromatic nitrogens is 2. The summed E-state index contributed by atoms with van der Waals surface area (Å²) in [6.07, 6.45) is 6.51. The molecule has 186 valence electrons. The molecular weight excluding hydrogens is 451 g/mol. The van der Waals surface area contributed by atoms with E-state index in [4.69, 9.17) is 4.74 Å². The van der Waals surface area contributed by atoms with E-state index in [1.165, 1.54) is 18.2 Å². The van der Waals surface area contributed by atoms with Crippen LogP contribution in [0.5, 0.6) is 5.75 Å². The predicted molar refractivity (Wildman–Crippen MR) is 128 cm³/mol. The summed E-state index contributed by atoms with van der Waals surface area (Å²) in [6, 6.07) is 4.15. The first-order valence-electron chi connectivity index (χ1n) is 12.1. The van der Waals surface area contributed by atoms with Crippen LogP contribution in [0.25, 0.3) is 0 Å². The van der Waals surface area contributed by atoms with Crippen LogP contribution in [0.4, 0.5) is 10.1 Å². The number of nitrogens with zero attached hydrogens (tertiary/aromatic N) is 4. The number of halogens is 1. The van der Waals surface area contributed by atoms with E-state index in [-0.39, 0.29) is 40.7 Å². The number of Topliss-reactive ketones (excluding diaryl/α,β-unsaturated/α-hetero) is 1. The SMILES string of the molecule is CCC(CCc1ncc(N2CC[C@@H](Oc3ccc(C(=O)C4CC4)c(F)c3)C2=O)cn1)C(=O)N(C)C. The zero-order valence-corrected chi connectivity index (χ0v) is 20.4. The van der Waals surface area contributed by atoms with Crippen LogP contribution < -0.4 is 9.64 Å². The van der Waals surface area contributed by atoms with Crippen molar-refractivity contribution in [2.75, 3.05) is 25.5 Å². The highest BCUT2D eigenvalue weighted by atomic mass is 19.1. The Kier molecular flexibility index (Phi) is 7.42. The minimum absolute atomic E-state index is 0.0662. The smallest absolute Gasteiger partial charge is 0.268 e. The molecule has 0 radical (unpaired) electrons. The molecule has 2 heterocycles. The lowest BCUT2D eigenvalue weighted by molar-refractivity contribution is -0.133. The van der Waals surface area contributed by atoms with Crippen molar-refractivity contribution >= 4 is 23.3 Å². The maximum Gasteiger partial charge on any atom is 0.268 e. The van der Waals surface area contributed by atoms with Gasteiger partial charge in [-0.3, -0.25) is 14.4 Å². The van der Waals surface area contributed by atoms with E-state index in [2.05, 4.69) is 9.97 Å². The second kappa shape index (κ2) is 10.5. The average Bonchev–Trinajstić information content (AvgIpc) is 3.64. The van der Waals surface area contributed by atoms with E-state index in [0.29, 0.717) is 37.3 Å². The van der Waals surface area contributed by atoms with E-state index in [9.17, 15) is 18.8 Å². The quantitative estimate of drug-likeness (QED) is 0.482. The van der Waals surface area contributed by atoms with Crippen molar-refractivity contribution in [2.24, 2.45) is 11.8 Å². The van der Waals surface area contributed by atoms with Crippen LogP contribution in [0.1, 0.15) is 55.2 Å². The Hall–Kier alpha value is -3.36. The topological polar surface area (TPSA) is 92.7 Å². The van der Waals surface area contributed by atoms with Gasteiger partial charge < -0.3 is 14.5 Å². The largest absolute Gasteiger partial charge is 0.480 e. The third-order valence-corrected chi connectivity index (χ3v) is 6.59. The first-order valence-corrected chi connectivity index (χ1v) is 12.1. The van der Waals surface area contributed by atoms with Gasteiger partial charge in [0.25, 0.3) is 5.91 Å². The van der Waals surface area contributed by atoms with E-state index in [1.54, 1.807) is 36.3 Å². The van der Waals surface area contributed by atoms with Crippen molar-refractivity contribution in [3.8, 4) is 5.75 Å². The first kappa shape index (κ1) is 24.8. The fourth-order valence-corrected chi connectivity index (χ4v) is 4.31. The van der Waals surface area contributed by atoms with Crippen LogP contribution in [-0.2, 0) is 16.0 Å². The van der Waals surface area contributed by atoms with Gasteiger partial charge in [-0.25, -0.2) is 14.4 Å². The molecule has 2 amide bonds. The molecule has 1 saturated carbocycles. The zero-order valence-electron chi connectivity index (χ0n) is 20.4. The summed E-state index contributed by atoms with van der Waals surface area (Å²) in [5, 5.41) is 0. The Morgan fingerprint density at radius 3 is 2.51 bits per heavy atom. The number of ketones is 1. The van der Waals surface area contributed by atoms with Crippen molar-refractivity contribution in [2.45, 2.75) is 51.6 Å². The predicted octanol–water partition coefficient (Wildman–Crippen LogP) is 3.44. The van der Waals surface area contributed by atoms with Gasteiger partial charge in [0, 0.05) is 51.4 Å². The molecule has 9 heteroatoms. The van der Waals surface area contributed by atoms with Crippen LogP contribution in [0.3, 0.4) is 0 Å². The Morgan fingerprint density at radius 1 is 1.20 bits per heavy atom. The number of benzene rings is 1. The number of hydrogen-bond acceptors (Lipinski definition) is 6. The number of rotatable bonds is 10. The fraction of sp³-hybridized carbons (Fsp3) is 0.500. The highest BCUT2D eigenvalue weighted by Crippen LogP contribution is 2.34. The molecule has 2 aromatic rings. The number of carbonyl (C=O) groups excluding carboxylic acids is 3.